The molecule has 1 N–H and O–H groups in total. The lowest BCUT2D eigenvalue weighted by Crippen LogP contribution is -2.45. The van der Waals surface area contributed by atoms with E-state index in [1.165, 1.54) is 10.6 Å². The van der Waals surface area contributed by atoms with Gasteiger partial charge < -0.3 is 10.2 Å². The lowest BCUT2D eigenvalue weighted by Gasteiger charge is -2.31. The first-order valence-electron chi connectivity index (χ1n) is 9.46. The molecule has 1 fully saturated rings. The van der Waals surface area contributed by atoms with E-state index in [4.69, 9.17) is 0 Å². The number of nitrogens with one attached hydrogen (secondary N) is 1. The molecule has 6 nitrogen and oxygen atoms in total. The van der Waals surface area contributed by atoms with E-state index in [0.29, 0.717) is 5.69 Å². The quantitative estimate of drug-likeness (QED) is 0.751. The molecule has 0 aliphatic heterocycles. The maximum Gasteiger partial charge on any atom is 0.239 e. The Bertz CT molecular complexity index is 678. The van der Waals surface area contributed by atoms with Crippen molar-refractivity contribution in [2.75, 3.05) is 36.1 Å². The molecule has 0 aromatic heterocycles. The van der Waals surface area contributed by atoms with Crippen molar-refractivity contribution in [3.8, 4) is 0 Å². The maximum absolute atomic E-state index is 12.4. The molecule has 0 bridgehead atoms. The molecule has 1 saturated carbocycles. The van der Waals surface area contributed by atoms with Crippen LogP contribution >= 0.6 is 0 Å². The lowest BCUT2D eigenvalue weighted by atomic mass is 9.95. The zero-order valence-electron chi connectivity index (χ0n) is 16.1. The van der Waals surface area contributed by atoms with E-state index >= 15 is 0 Å². The predicted molar refractivity (Wildman–Crippen MR) is 107 cm³/mol. The zero-order chi connectivity index (χ0) is 19.2. The number of hydrogen-bond donors (Lipinski definition) is 1. The molecular weight excluding hydrogens is 350 g/mol. The number of amides is 1. The summed E-state index contributed by atoms with van der Waals surface area (Å²) < 4.78 is 25.7. The van der Waals surface area contributed by atoms with Crippen LogP contribution < -0.4 is 10.2 Å². The van der Waals surface area contributed by atoms with Crippen LogP contribution in [-0.4, -0.2) is 50.6 Å². The van der Waals surface area contributed by atoms with Crippen molar-refractivity contribution in [3.05, 3.63) is 24.3 Å². The van der Waals surface area contributed by atoms with Gasteiger partial charge in [0.2, 0.25) is 15.9 Å². The number of carbonyl (C=O) groups is 1. The Kier molecular flexibility index (Phi) is 7.46. The lowest BCUT2D eigenvalue weighted by molar-refractivity contribution is -0.116. The predicted octanol–water partition coefficient (Wildman–Crippen LogP) is 3.07. The third-order valence-corrected chi connectivity index (χ3v) is 6.27. The Balaban J connectivity index is 2.01. The van der Waals surface area contributed by atoms with Crippen LogP contribution in [-0.2, 0) is 14.8 Å². The molecule has 0 spiro atoms. The summed E-state index contributed by atoms with van der Waals surface area (Å²) in [6.45, 7) is 5.93. The van der Waals surface area contributed by atoms with Crippen LogP contribution in [0.3, 0.4) is 0 Å². The SMILES string of the molecule is CCN(CC)c1ccc(NC(=O)CN(C2CCCCC2)S(C)(=O)=O)cc1. The summed E-state index contributed by atoms with van der Waals surface area (Å²) >= 11 is 0. The van der Waals surface area contributed by atoms with Crippen molar-refractivity contribution >= 4 is 27.3 Å². The van der Waals surface area contributed by atoms with E-state index in [2.05, 4.69) is 24.1 Å². The minimum absolute atomic E-state index is 0.0606. The number of nitrogens with zero attached hydrogens (tertiary/aromatic N) is 2. The molecule has 146 valence electrons. The zero-order valence-corrected chi connectivity index (χ0v) is 16.9. The average molecular weight is 382 g/mol. The highest BCUT2D eigenvalue weighted by Gasteiger charge is 2.29. The fraction of sp³-hybridized carbons (Fsp3) is 0.632. The van der Waals surface area contributed by atoms with Crippen molar-refractivity contribution in [1.29, 1.82) is 0 Å². The van der Waals surface area contributed by atoms with Crippen molar-refractivity contribution in [2.24, 2.45) is 0 Å². The smallest absolute Gasteiger partial charge is 0.239 e. The van der Waals surface area contributed by atoms with Crippen molar-refractivity contribution in [3.63, 3.8) is 0 Å². The first kappa shape index (κ1) is 20.7. The number of benzene rings is 1. The molecule has 26 heavy (non-hydrogen) atoms. The Morgan fingerprint density at radius 1 is 1.08 bits per heavy atom. The second-order valence-corrected chi connectivity index (χ2v) is 8.80. The van der Waals surface area contributed by atoms with Crippen LogP contribution in [0.15, 0.2) is 24.3 Å². The summed E-state index contributed by atoms with van der Waals surface area (Å²) in [5, 5.41) is 2.82. The fourth-order valence-corrected chi connectivity index (χ4v) is 4.68. The second kappa shape index (κ2) is 9.37. The Labute approximate surface area is 157 Å². The van der Waals surface area contributed by atoms with Gasteiger partial charge in [0.05, 0.1) is 12.8 Å². The van der Waals surface area contributed by atoms with E-state index in [1.807, 2.05) is 24.3 Å². The molecule has 1 amide bonds. The molecule has 0 unspecified atom stereocenters. The Morgan fingerprint density at radius 3 is 2.15 bits per heavy atom. The second-order valence-electron chi connectivity index (χ2n) is 6.87. The molecule has 1 aromatic rings. The van der Waals surface area contributed by atoms with Gasteiger partial charge >= 0.3 is 0 Å². The van der Waals surface area contributed by atoms with Crippen LogP contribution in [0, 0.1) is 0 Å². The third-order valence-electron chi connectivity index (χ3n) is 4.99. The van der Waals surface area contributed by atoms with Gasteiger partial charge in [0.1, 0.15) is 0 Å². The summed E-state index contributed by atoms with van der Waals surface area (Å²) in [7, 11) is -3.41. The molecular formula is C19H31N3O3S. The van der Waals surface area contributed by atoms with Crippen LogP contribution in [0.4, 0.5) is 11.4 Å². The summed E-state index contributed by atoms with van der Waals surface area (Å²) in [5.74, 6) is -0.295. The number of sulfonamides is 1. The highest BCUT2D eigenvalue weighted by molar-refractivity contribution is 7.88. The van der Waals surface area contributed by atoms with Crippen LogP contribution in [0.1, 0.15) is 46.0 Å². The summed E-state index contributed by atoms with van der Waals surface area (Å²) in [6, 6.07) is 7.60. The summed E-state index contributed by atoms with van der Waals surface area (Å²) in [6.07, 6.45) is 6.03. The highest BCUT2D eigenvalue weighted by atomic mass is 32.2. The van der Waals surface area contributed by atoms with Gasteiger partial charge in [-0.1, -0.05) is 19.3 Å². The van der Waals surface area contributed by atoms with Gasteiger partial charge in [-0.15, -0.1) is 0 Å². The molecule has 1 aliphatic rings. The number of carbonyl (C=O) groups excluding carboxylic acids is 1. The largest absolute Gasteiger partial charge is 0.372 e. The van der Waals surface area contributed by atoms with Gasteiger partial charge in [-0.25, -0.2) is 8.42 Å². The third kappa shape index (κ3) is 5.71. The van der Waals surface area contributed by atoms with Crippen LogP contribution in [0.5, 0.6) is 0 Å². The van der Waals surface area contributed by atoms with Gasteiger partial charge in [-0.2, -0.15) is 4.31 Å². The molecule has 1 aliphatic carbocycles. The van der Waals surface area contributed by atoms with Crippen molar-refractivity contribution in [1.82, 2.24) is 4.31 Å². The fourth-order valence-electron chi connectivity index (χ4n) is 3.57. The van der Waals surface area contributed by atoms with E-state index in [9.17, 15) is 13.2 Å². The number of hydrogen-bond acceptors (Lipinski definition) is 4. The van der Waals surface area contributed by atoms with E-state index in [-0.39, 0.29) is 18.5 Å². The number of rotatable bonds is 8. The monoisotopic (exact) mass is 381 g/mol. The Hall–Kier alpha value is -1.60. The molecule has 0 heterocycles. The average Bonchev–Trinajstić information content (AvgIpc) is 2.62. The Morgan fingerprint density at radius 2 is 1.65 bits per heavy atom. The molecule has 1 aromatic carbocycles. The van der Waals surface area contributed by atoms with Crippen LogP contribution in [0.25, 0.3) is 0 Å². The van der Waals surface area contributed by atoms with Crippen molar-refractivity contribution < 1.29 is 13.2 Å². The molecule has 0 saturated heterocycles. The minimum Gasteiger partial charge on any atom is -0.372 e. The van der Waals surface area contributed by atoms with Gasteiger partial charge in [0.15, 0.2) is 0 Å². The first-order valence-corrected chi connectivity index (χ1v) is 11.3. The van der Waals surface area contributed by atoms with E-state index in [1.54, 1.807) is 0 Å². The van der Waals surface area contributed by atoms with Gasteiger partial charge in [-0.05, 0) is 51.0 Å². The first-order chi connectivity index (χ1) is 12.3. The summed E-state index contributed by atoms with van der Waals surface area (Å²) in [5.41, 5.74) is 1.79. The van der Waals surface area contributed by atoms with Crippen molar-refractivity contribution in [2.45, 2.75) is 52.0 Å². The van der Waals surface area contributed by atoms with Gasteiger partial charge in [0.25, 0.3) is 0 Å². The number of anilines is 2. The normalized spacial score (nSPS) is 15.8. The van der Waals surface area contributed by atoms with Crippen LogP contribution in [0.2, 0.25) is 0 Å². The maximum atomic E-state index is 12.4. The molecule has 2 rings (SSSR count). The topological polar surface area (TPSA) is 69.7 Å². The van der Waals surface area contributed by atoms with Gasteiger partial charge in [-0.3, -0.25) is 4.79 Å². The standard InChI is InChI=1S/C19H31N3O3S/c1-4-21(5-2)17-13-11-16(12-14-17)20-19(23)15-22(26(3,24)25)18-9-7-6-8-10-18/h11-14,18H,4-10,15H2,1-3H3,(H,20,23). The summed E-state index contributed by atoms with van der Waals surface area (Å²) in [4.78, 5) is 14.6. The molecule has 7 heteroatoms. The van der Waals surface area contributed by atoms with E-state index in [0.717, 1.165) is 50.9 Å². The minimum atomic E-state index is -3.41. The highest BCUT2D eigenvalue weighted by Crippen LogP contribution is 2.24. The molecule has 0 radical (unpaired) electrons. The van der Waals surface area contributed by atoms with E-state index < -0.39 is 10.0 Å². The molecule has 0 atom stereocenters. The van der Waals surface area contributed by atoms with Gasteiger partial charge in [0, 0.05) is 30.5 Å².